The van der Waals surface area contributed by atoms with Gasteiger partial charge in [0.1, 0.15) is 0 Å². The monoisotopic (exact) mass is 235 g/mol. The minimum absolute atomic E-state index is 0.0502. The maximum atomic E-state index is 12.7. The summed E-state index contributed by atoms with van der Waals surface area (Å²) in [6, 6.07) is 5.60. The van der Waals surface area contributed by atoms with Crippen molar-refractivity contribution in [3.8, 4) is 0 Å². The molecule has 0 unspecified atom stereocenters. The average Bonchev–Trinajstić information content (AvgIpc) is 2.90. The second kappa shape index (κ2) is 3.59. The van der Waals surface area contributed by atoms with Crippen LogP contribution < -0.4 is 4.90 Å². The standard InChI is InChI=1S/C10H9ClF3N/c11-8-3-1-2-4-9(8)15(7-5-6-7)10(12,13)14/h1-4,7H,5-6H2. The molecule has 2 rings (SSSR count). The van der Waals surface area contributed by atoms with Crippen molar-refractivity contribution in [3.05, 3.63) is 29.3 Å². The number of benzene rings is 1. The van der Waals surface area contributed by atoms with Gasteiger partial charge in [0, 0.05) is 6.04 Å². The van der Waals surface area contributed by atoms with Gasteiger partial charge in [-0.15, -0.1) is 0 Å². The zero-order chi connectivity index (χ0) is 11.1. The van der Waals surface area contributed by atoms with E-state index in [0.717, 1.165) is 0 Å². The normalized spacial score (nSPS) is 16.5. The first-order valence-electron chi connectivity index (χ1n) is 4.61. The van der Waals surface area contributed by atoms with Gasteiger partial charge in [0.15, 0.2) is 0 Å². The third-order valence-electron chi connectivity index (χ3n) is 2.30. The third kappa shape index (κ3) is 2.20. The van der Waals surface area contributed by atoms with E-state index in [1.54, 1.807) is 12.1 Å². The maximum Gasteiger partial charge on any atom is 0.485 e. The van der Waals surface area contributed by atoms with Crippen LogP contribution in [0.4, 0.5) is 18.9 Å². The first-order valence-corrected chi connectivity index (χ1v) is 4.98. The number of nitrogens with zero attached hydrogens (tertiary/aromatic N) is 1. The summed E-state index contributed by atoms with van der Waals surface area (Å²) < 4.78 is 38.2. The molecule has 0 aromatic heterocycles. The quantitative estimate of drug-likeness (QED) is 0.705. The SMILES string of the molecule is FC(F)(F)N(c1ccccc1Cl)C1CC1. The largest absolute Gasteiger partial charge is 0.485 e. The Hall–Kier alpha value is -0.900. The van der Waals surface area contributed by atoms with Gasteiger partial charge in [-0.3, -0.25) is 4.90 Å². The lowest BCUT2D eigenvalue weighted by molar-refractivity contribution is -0.130. The zero-order valence-corrected chi connectivity index (χ0v) is 8.52. The Morgan fingerprint density at radius 2 is 1.80 bits per heavy atom. The lowest BCUT2D eigenvalue weighted by Gasteiger charge is -2.27. The van der Waals surface area contributed by atoms with Crippen molar-refractivity contribution in [2.75, 3.05) is 4.90 Å². The van der Waals surface area contributed by atoms with Crippen molar-refractivity contribution in [1.29, 1.82) is 0 Å². The van der Waals surface area contributed by atoms with E-state index < -0.39 is 12.3 Å². The number of hydrogen-bond acceptors (Lipinski definition) is 1. The molecule has 5 heteroatoms. The number of alkyl halides is 3. The Balaban J connectivity index is 2.37. The van der Waals surface area contributed by atoms with Crippen LogP contribution in [-0.2, 0) is 0 Å². The summed E-state index contributed by atoms with van der Waals surface area (Å²) in [7, 11) is 0. The topological polar surface area (TPSA) is 3.24 Å². The molecule has 0 saturated heterocycles. The summed E-state index contributed by atoms with van der Waals surface area (Å²) >= 11 is 5.76. The molecule has 0 atom stereocenters. The first kappa shape index (κ1) is 10.6. The van der Waals surface area contributed by atoms with E-state index in [-0.39, 0.29) is 10.7 Å². The summed E-state index contributed by atoms with van der Waals surface area (Å²) in [5, 5.41) is 0.140. The van der Waals surface area contributed by atoms with Crippen LogP contribution in [0.5, 0.6) is 0 Å². The van der Waals surface area contributed by atoms with E-state index in [0.29, 0.717) is 17.7 Å². The molecule has 1 aliphatic rings. The molecule has 0 bridgehead atoms. The summed E-state index contributed by atoms with van der Waals surface area (Å²) in [4.78, 5) is 0.454. The van der Waals surface area contributed by atoms with Crippen LogP contribution in [0.2, 0.25) is 5.02 Å². The number of hydrogen-bond donors (Lipinski definition) is 0. The fourth-order valence-corrected chi connectivity index (χ4v) is 1.75. The van der Waals surface area contributed by atoms with E-state index in [4.69, 9.17) is 11.6 Å². The average molecular weight is 236 g/mol. The number of para-hydroxylation sites is 1. The minimum Gasteiger partial charge on any atom is -0.280 e. The van der Waals surface area contributed by atoms with Gasteiger partial charge in [-0.05, 0) is 25.0 Å². The van der Waals surface area contributed by atoms with E-state index in [2.05, 4.69) is 0 Å². The molecule has 0 aliphatic heterocycles. The second-order valence-corrected chi connectivity index (χ2v) is 3.93. The third-order valence-corrected chi connectivity index (χ3v) is 2.62. The van der Waals surface area contributed by atoms with Crippen LogP contribution in [0.1, 0.15) is 12.8 Å². The van der Waals surface area contributed by atoms with E-state index >= 15 is 0 Å². The van der Waals surface area contributed by atoms with Crippen molar-refractivity contribution < 1.29 is 13.2 Å². The molecule has 0 spiro atoms. The highest BCUT2D eigenvalue weighted by atomic mass is 35.5. The minimum atomic E-state index is -4.36. The Morgan fingerprint density at radius 3 is 2.27 bits per heavy atom. The van der Waals surface area contributed by atoms with Crippen LogP contribution in [-0.4, -0.2) is 12.3 Å². The Kier molecular flexibility index (Phi) is 2.54. The Morgan fingerprint density at radius 1 is 1.20 bits per heavy atom. The highest BCUT2D eigenvalue weighted by Crippen LogP contribution is 2.42. The summed E-state index contributed by atoms with van der Waals surface area (Å²) in [6.45, 7) is 0. The van der Waals surface area contributed by atoms with Crippen molar-refractivity contribution >= 4 is 17.3 Å². The summed E-state index contributed by atoms with van der Waals surface area (Å²) in [5.41, 5.74) is 0.0502. The second-order valence-electron chi connectivity index (χ2n) is 3.52. The van der Waals surface area contributed by atoms with E-state index in [9.17, 15) is 13.2 Å². The van der Waals surface area contributed by atoms with Crippen molar-refractivity contribution in [3.63, 3.8) is 0 Å². The van der Waals surface area contributed by atoms with Gasteiger partial charge in [0.05, 0.1) is 10.7 Å². The predicted octanol–water partition coefficient (Wildman–Crippen LogP) is 3.83. The molecule has 1 aromatic carbocycles. The smallest absolute Gasteiger partial charge is 0.280 e. The summed E-state index contributed by atoms with van der Waals surface area (Å²) in [6.07, 6.45) is -3.21. The molecule has 1 saturated carbocycles. The maximum absolute atomic E-state index is 12.7. The summed E-state index contributed by atoms with van der Waals surface area (Å²) in [5.74, 6) is 0. The van der Waals surface area contributed by atoms with Gasteiger partial charge >= 0.3 is 6.30 Å². The first-order chi connectivity index (χ1) is 7.00. The van der Waals surface area contributed by atoms with Gasteiger partial charge in [0.2, 0.25) is 0 Å². The van der Waals surface area contributed by atoms with Crippen LogP contribution in [0.3, 0.4) is 0 Å². The van der Waals surface area contributed by atoms with Crippen molar-refractivity contribution in [2.45, 2.75) is 25.2 Å². The van der Waals surface area contributed by atoms with E-state index in [1.165, 1.54) is 12.1 Å². The lowest BCUT2D eigenvalue weighted by atomic mass is 10.3. The Labute approximate surface area is 90.4 Å². The van der Waals surface area contributed by atoms with Gasteiger partial charge in [0.25, 0.3) is 0 Å². The predicted molar refractivity (Wildman–Crippen MR) is 53.0 cm³/mol. The van der Waals surface area contributed by atoms with Crippen molar-refractivity contribution in [2.24, 2.45) is 0 Å². The molecule has 15 heavy (non-hydrogen) atoms. The molecule has 0 radical (unpaired) electrons. The molecule has 0 amide bonds. The fourth-order valence-electron chi connectivity index (χ4n) is 1.52. The van der Waals surface area contributed by atoms with Crippen LogP contribution in [0.15, 0.2) is 24.3 Å². The van der Waals surface area contributed by atoms with Crippen molar-refractivity contribution in [1.82, 2.24) is 0 Å². The van der Waals surface area contributed by atoms with Gasteiger partial charge < -0.3 is 0 Å². The number of rotatable bonds is 2. The highest BCUT2D eigenvalue weighted by molar-refractivity contribution is 6.33. The van der Waals surface area contributed by atoms with Crippen LogP contribution in [0.25, 0.3) is 0 Å². The highest BCUT2D eigenvalue weighted by Gasteiger charge is 2.46. The van der Waals surface area contributed by atoms with Gasteiger partial charge in [-0.25, -0.2) is 0 Å². The van der Waals surface area contributed by atoms with Gasteiger partial charge in [-0.2, -0.15) is 13.2 Å². The zero-order valence-electron chi connectivity index (χ0n) is 7.76. The molecule has 1 aromatic rings. The molecular weight excluding hydrogens is 227 g/mol. The van der Waals surface area contributed by atoms with Crippen LogP contribution >= 0.6 is 11.6 Å². The molecule has 1 fully saturated rings. The molecule has 0 heterocycles. The molecule has 1 aliphatic carbocycles. The van der Waals surface area contributed by atoms with Crippen LogP contribution in [0, 0.1) is 0 Å². The molecule has 1 nitrogen and oxygen atoms in total. The molecule has 82 valence electrons. The molecular formula is C10H9ClF3N. The number of anilines is 1. The Bertz CT molecular complexity index is 360. The lowest BCUT2D eigenvalue weighted by Crippen LogP contribution is -2.40. The molecule has 0 N–H and O–H groups in total. The van der Waals surface area contributed by atoms with E-state index in [1.807, 2.05) is 0 Å². The number of halogens is 4. The fraction of sp³-hybridized carbons (Fsp3) is 0.400. The van der Waals surface area contributed by atoms with Gasteiger partial charge in [-0.1, -0.05) is 23.7 Å².